The van der Waals surface area contributed by atoms with Crippen LogP contribution in [0.1, 0.15) is 90.7 Å². The third-order valence-corrected chi connectivity index (χ3v) is 10.8. The lowest BCUT2D eigenvalue weighted by atomic mass is 9.99. The number of nitrogens with two attached hydrogens (primary N) is 1. The molecule has 0 aromatic heterocycles. The largest absolute Gasteiger partial charge is 0.416 e. The second-order valence-electron chi connectivity index (χ2n) is 10.4. The van der Waals surface area contributed by atoms with Gasteiger partial charge in [-0.1, -0.05) is 80.4 Å². The number of hydrogen-bond donors (Lipinski definition) is 1. The summed E-state index contributed by atoms with van der Waals surface area (Å²) in [6.45, 7) is 13.7. The predicted octanol–water partition coefficient (Wildman–Crippen LogP) is 8.29. The van der Waals surface area contributed by atoms with Crippen LogP contribution in [0.5, 0.6) is 0 Å². The van der Waals surface area contributed by atoms with Crippen LogP contribution in [0.3, 0.4) is 0 Å². The van der Waals surface area contributed by atoms with E-state index in [1.807, 2.05) is 0 Å². The van der Waals surface area contributed by atoms with E-state index in [1.54, 1.807) is 12.1 Å². The lowest BCUT2D eigenvalue weighted by molar-refractivity contribution is -0.137. The summed E-state index contributed by atoms with van der Waals surface area (Å²) < 4.78 is 38.2. The van der Waals surface area contributed by atoms with Crippen molar-refractivity contribution in [3.63, 3.8) is 0 Å². The molecule has 2 aliphatic heterocycles. The number of halogens is 3. The second kappa shape index (κ2) is 18.0. The Morgan fingerprint density at radius 2 is 1.73 bits per heavy atom. The highest BCUT2D eigenvalue weighted by Crippen LogP contribution is 2.56. The lowest BCUT2D eigenvalue weighted by Crippen LogP contribution is -2.45. The first-order valence-electron chi connectivity index (χ1n) is 14.2. The van der Waals surface area contributed by atoms with Crippen molar-refractivity contribution in [2.24, 2.45) is 11.7 Å². The number of fused-ring (bicyclic) bond motifs is 1. The summed E-state index contributed by atoms with van der Waals surface area (Å²) in [4.78, 5) is 4.93. The number of alkyl halides is 3. The van der Waals surface area contributed by atoms with Crippen LogP contribution in [0.4, 0.5) is 13.2 Å². The van der Waals surface area contributed by atoms with Crippen LogP contribution in [0.2, 0.25) is 0 Å². The zero-order valence-electron chi connectivity index (χ0n) is 24.1. The fraction of sp³-hybridized carbons (Fsp3) is 0.759. The molecule has 2 heterocycles. The maximum atomic E-state index is 12.7. The van der Waals surface area contributed by atoms with Crippen molar-refractivity contribution in [1.82, 2.24) is 9.80 Å². The highest BCUT2D eigenvalue weighted by molar-refractivity contribution is 7.59. The highest BCUT2D eigenvalue weighted by Gasteiger charge is 2.44. The van der Waals surface area contributed by atoms with E-state index in [0.29, 0.717) is 24.3 Å². The minimum absolute atomic E-state index is 0.0199. The van der Waals surface area contributed by atoms with E-state index in [-0.39, 0.29) is 7.92 Å². The Morgan fingerprint density at radius 3 is 2.24 bits per heavy atom. The van der Waals surface area contributed by atoms with Gasteiger partial charge in [0.2, 0.25) is 0 Å². The molecule has 0 bridgehead atoms. The van der Waals surface area contributed by atoms with Crippen molar-refractivity contribution >= 4 is 22.2 Å². The van der Waals surface area contributed by atoms with Crippen LogP contribution >= 0.6 is 16.8 Å². The topological polar surface area (TPSA) is 32.5 Å². The summed E-state index contributed by atoms with van der Waals surface area (Å²) in [5.41, 5.74) is 6.97. The van der Waals surface area contributed by atoms with Gasteiger partial charge in [-0.25, -0.2) is 0 Å². The van der Waals surface area contributed by atoms with Crippen LogP contribution in [-0.2, 0) is 12.7 Å². The lowest BCUT2D eigenvalue weighted by Gasteiger charge is -2.44. The summed E-state index contributed by atoms with van der Waals surface area (Å²) in [5.74, 6) is 1.33. The molecule has 0 spiro atoms. The minimum atomic E-state index is -4.27. The molecular weight excluding hydrogens is 509 g/mol. The number of benzene rings is 1. The summed E-state index contributed by atoms with van der Waals surface area (Å²) in [6.07, 6.45) is 6.88. The smallest absolute Gasteiger partial charge is 0.330 e. The molecule has 3 nitrogen and oxygen atoms in total. The molecule has 8 heteroatoms. The van der Waals surface area contributed by atoms with Gasteiger partial charge in [0, 0.05) is 30.3 Å². The number of hydrogen-bond acceptors (Lipinski definition) is 2. The van der Waals surface area contributed by atoms with Crippen molar-refractivity contribution < 1.29 is 13.2 Å². The summed E-state index contributed by atoms with van der Waals surface area (Å²) >= 11 is 0. The average Bonchev–Trinajstić information content (AvgIpc) is 3.29. The van der Waals surface area contributed by atoms with Gasteiger partial charge in [-0.2, -0.15) is 13.2 Å². The molecule has 3 unspecified atom stereocenters. The quantitative estimate of drug-likeness (QED) is 0.243. The maximum absolute atomic E-state index is 12.7. The minimum Gasteiger partial charge on any atom is -0.330 e. The van der Waals surface area contributed by atoms with Crippen LogP contribution in [0.15, 0.2) is 24.3 Å². The monoisotopic (exact) mass is 561 g/mol. The maximum Gasteiger partial charge on any atom is 0.416 e. The molecule has 3 rings (SSSR count). The SMILES string of the molecule is CCC.CCC(=P)N1CCP2CC(N(C)Cc3ccc(C(F)(F)F)cc3)CC(C)[C@@H]12.CCCCCCN. The second-order valence-corrected chi connectivity index (χ2v) is 13.5. The first kappa shape index (κ1) is 34.5. The molecule has 2 aliphatic rings. The van der Waals surface area contributed by atoms with Crippen molar-refractivity contribution in [3.05, 3.63) is 35.4 Å². The van der Waals surface area contributed by atoms with Crippen LogP contribution in [-0.4, -0.2) is 59.5 Å². The van der Waals surface area contributed by atoms with Gasteiger partial charge in [0.25, 0.3) is 0 Å². The summed E-state index contributed by atoms with van der Waals surface area (Å²) in [6, 6.07) is 6.14. The Labute approximate surface area is 228 Å². The van der Waals surface area contributed by atoms with E-state index >= 15 is 0 Å². The van der Waals surface area contributed by atoms with E-state index in [9.17, 15) is 13.2 Å². The van der Waals surface area contributed by atoms with Crippen LogP contribution in [0, 0.1) is 5.92 Å². The third kappa shape index (κ3) is 11.6. The molecule has 0 aliphatic carbocycles. The Balaban J connectivity index is 0.000000584. The fourth-order valence-electron chi connectivity index (χ4n) is 5.06. The number of rotatable bonds is 9. The van der Waals surface area contributed by atoms with E-state index < -0.39 is 11.7 Å². The molecule has 2 fully saturated rings. The molecule has 1 aromatic carbocycles. The molecule has 0 amide bonds. The molecule has 0 radical (unpaired) electrons. The van der Waals surface area contributed by atoms with Gasteiger partial charge in [0.05, 0.1) is 5.56 Å². The average molecular weight is 562 g/mol. The highest BCUT2D eigenvalue weighted by atomic mass is 31.1. The standard InChI is InChI=1S/C20H29F3N2P2.C6H15N.C3H8/c1-4-18(26)25-9-10-27-13-17(11-14(2)19(25)27)24(3)12-15-5-7-16(8-6-15)20(21,22)23;1-2-3-4-5-6-7;1-3-2/h5-8,14,17,19,26H,4,9-13H2,1-3H3;2-7H2,1H3;3H2,1-2H3/t14?,17?,19-,27?;;/m0../s1. The van der Waals surface area contributed by atoms with Gasteiger partial charge in [0.15, 0.2) is 0 Å². The third-order valence-electron chi connectivity index (χ3n) is 7.00. The number of unbranched alkanes of at least 4 members (excludes halogenated alkanes) is 3. The van der Waals surface area contributed by atoms with Crippen LogP contribution < -0.4 is 5.73 Å². The molecular formula is C29H52F3N3P2. The Hall–Kier alpha value is -0.510. The Bertz CT molecular complexity index is 754. The van der Waals surface area contributed by atoms with Gasteiger partial charge in [-0.3, -0.25) is 9.80 Å². The molecule has 2 saturated heterocycles. The van der Waals surface area contributed by atoms with Gasteiger partial charge < -0.3 is 5.73 Å². The fourth-order valence-corrected chi connectivity index (χ4v) is 9.02. The van der Waals surface area contributed by atoms with E-state index in [4.69, 9.17) is 5.73 Å². The van der Waals surface area contributed by atoms with Crippen molar-refractivity contribution in [2.45, 2.75) is 104 Å². The van der Waals surface area contributed by atoms with Crippen molar-refractivity contribution in [2.75, 3.05) is 32.5 Å². The van der Waals surface area contributed by atoms with Gasteiger partial charge in [0.1, 0.15) is 0 Å². The van der Waals surface area contributed by atoms with E-state index in [1.165, 1.54) is 62.0 Å². The zero-order chi connectivity index (χ0) is 28.0. The first-order valence-corrected chi connectivity index (χ1v) is 16.5. The number of nitrogens with zero attached hydrogens (tertiary/aromatic N) is 2. The summed E-state index contributed by atoms with van der Waals surface area (Å²) in [7, 11) is 5.92. The Morgan fingerprint density at radius 1 is 1.11 bits per heavy atom. The Kier molecular flexibility index (Phi) is 16.8. The predicted molar refractivity (Wildman–Crippen MR) is 160 cm³/mol. The molecule has 214 valence electrons. The molecule has 1 aromatic rings. The van der Waals surface area contributed by atoms with Gasteiger partial charge >= 0.3 is 6.18 Å². The van der Waals surface area contributed by atoms with Crippen LogP contribution in [0.25, 0.3) is 0 Å². The van der Waals surface area contributed by atoms with Crippen molar-refractivity contribution in [1.29, 1.82) is 0 Å². The summed E-state index contributed by atoms with van der Waals surface area (Å²) in [5, 5.41) is 0. The van der Waals surface area contributed by atoms with E-state index in [2.05, 4.69) is 60.3 Å². The van der Waals surface area contributed by atoms with Gasteiger partial charge in [-0.05, 0) is 68.8 Å². The van der Waals surface area contributed by atoms with E-state index in [0.717, 1.165) is 31.5 Å². The molecule has 37 heavy (non-hydrogen) atoms. The molecule has 0 saturated carbocycles. The first-order chi connectivity index (χ1) is 17.5. The molecule has 4 atom stereocenters. The van der Waals surface area contributed by atoms with Crippen molar-refractivity contribution in [3.8, 4) is 0 Å². The van der Waals surface area contributed by atoms with Gasteiger partial charge in [-0.15, -0.1) is 8.86 Å². The molecule has 2 N–H and O–H groups in total. The normalized spacial score (nSPS) is 23.5. The zero-order valence-corrected chi connectivity index (χ0v) is 26.0.